The van der Waals surface area contributed by atoms with E-state index in [1.54, 1.807) is 6.07 Å². The lowest BCUT2D eigenvalue weighted by Gasteiger charge is -2.09. The van der Waals surface area contributed by atoms with E-state index in [1.165, 1.54) is 12.1 Å². The van der Waals surface area contributed by atoms with Crippen LogP contribution in [0.15, 0.2) is 23.1 Å². The molecule has 0 fully saturated rings. The lowest BCUT2D eigenvalue weighted by atomic mass is 10.2. The van der Waals surface area contributed by atoms with Crippen molar-refractivity contribution in [1.29, 1.82) is 0 Å². The minimum absolute atomic E-state index is 0.121. The fraction of sp³-hybridized carbons (Fsp3) is 0.500. The molecule has 0 amide bonds. The van der Waals surface area contributed by atoms with Crippen molar-refractivity contribution in [3.05, 3.63) is 23.8 Å². The molecule has 0 aliphatic rings. The van der Waals surface area contributed by atoms with E-state index in [0.29, 0.717) is 12.4 Å². The van der Waals surface area contributed by atoms with Crippen molar-refractivity contribution in [2.24, 2.45) is 5.14 Å². The van der Waals surface area contributed by atoms with Gasteiger partial charge in [-0.1, -0.05) is 19.8 Å². The molecule has 0 saturated carbocycles. The van der Waals surface area contributed by atoms with E-state index in [0.717, 1.165) is 24.8 Å². The van der Waals surface area contributed by atoms with Gasteiger partial charge in [-0.15, -0.1) is 0 Å². The van der Waals surface area contributed by atoms with Crippen LogP contribution in [0.2, 0.25) is 0 Å². The molecule has 0 radical (unpaired) electrons. The van der Waals surface area contributed by atoms with Crippen molar-refractivity contribution in [2.45, 2.75) is 38.0 Å². The molecule has 1 aromatic carbocycles. The smallest absolute Gasteiger partial charge is 0.238 e. The lowest BCUT2D eigenvalue weighted by Crippen LogP contribution is -2.12. The third-order valence-electron chi connectivity index (χ3n) is 2.48. The van der Waals surface area contributed by atoms with Gasteiger partial charge in [-0.05, 0) is 37.1 Å². The molecule has 2 N–H and O–H groups in total. The van der Waals surface area contributed by atoms with Crippen molar-refractivity contribution in [3.63, 3.8) is 0 Å². The monoisotopic (exact) mass is 257 g/mol. The normalized spacial score (nSPS) is 11.5. The summed E-state index contributed by atoms with van der Waals surface area (Å²) in [5.41, 5.74) is 0.785. The fourth-order valence-electron chi connectivity index (χ4n) is 1.50. The number of hydrogen-bond acceptors (Lipinski definition) is 3. The average Bonchev–Trinajstić information content (AvgIpc) is 2.24. The van der Waals surface area contributed by atoms with E-state index >= 15 is 0 Å². The van der Waals surface area contributed by atoms with Crippen molar-refractivity contribution in [2.75, 3.05) is 6.61 Å². The molecule has 0 heterocycles. The fourth-order valence-corrected chi connectivity index (χ4v) is 2.09. The summed E-state index contributed by atoms with van der Waals surface area (Å²) in [6, 6.07) is 4.66. The molecule has 1 rings (SSSR count). The molecule has 17 heavy (non-hydrogen) atoms. The second-order valence-electron chi connectivity index (χ2n) is 4.03. The third kappa shape index (κ3) is 4.36. The summed E-state index contributed by atoms with van der Waals surface area (Å²) in [5, 5.41) is 5.05. The van der Waals surface area contributed by atoms with Crippen LogP contribution in [-0.4, -0.2) is 15.0 Å². The predicted octanol–water partition coefficient (Wildman–Crippen LogP) is 2.21. The van der Waals surface area contributed by atoms with Gasteiger partial charge in [0, 0.05) is 0 Å². The zero-order chi connectivity index (χ0) is 12.9. The molecule has 0 atom stereocenters. The van der Waals surface area contributed by atoms with Crippen LogP contribution in [0.3, 0.4) is 0 Å². The highest BCUT2D eigenvalue weighted by molar-refractivity contribution is 7.89. The van der Waals surface area contributed by atoms with Crippen LogP contribution in [0.1, 0.15) is 31.7 Å². The summed E-state index contributed by atoms with van der Waals surface area (Å²) < 4.78 is 27.8. The summed E-state index contributed by atoms with van der Waals surface area (Å²) >= 11 is 0. The zero-order valence-corrected chi connectivity index (χ0v) is 11.1. The first-order valence-electron chi connectivity index (χ1n) is 5.71. The Bertz CT molecular complexity index is 469. The number of hydrogen-bond donors (Lipinski definition) is 1. The van der Waals surface area contributed by atoms with Gasteiger partial charge in [-0.3, -0.25) is 0 Å². The van der Waals surface area contributed by atoms with Crippen LogP contribution in [0.4, 0.5) is 0 Å². The van der Waals surface area contributed by atoms with E-state index in [2.05, 4.69) is 6.92 Å². The van der Waals surface area contributed by atoms with E-state index in [9.17, 15) is 8.42 Å². The molecule has 0 aromatic heterocycles. The summed E-state index contributed by atoms with van der Waals surface area (Å²) in [6.45, 7) is 4.60. The highest BCUT2D eigenvalue weighted by atomic mass is 32.2. The molecule has 0 spiro atoms. The first-order valence-corrected chi connectivity index (χ1v) is 7.26. The molecular weight excluding hydrogens is 238 g/mol. The van der Waals surface area contributed by atoms with Crippen LogP contribution in [0.5, 0.6) is 5.75 Å². The Morgan fingerprint density at radius 1 is 1.29 bits per heavy atom. The zero-order valence-electron chi connectivity index (χ0n) is 10.3. The topological polar surface area (TPSA) is 69.4 Å². The molecule has 5 heteroatoms. The Morgan fingerprint density at radius 2 is 2.00 bits per heavy atom. The maximum atomic E-state index is 11.1. The summed E-state index contributed by atoms with van der Waals surface area (Å²) in [7, 11) is -3.63. The number of nitrogens with two attached hydrogens (primary N) is 1. The molecule has 0 unspecified atom stereocenters. The van der Waals surface area contributed by atoms with Gasteiger partial charge in [0.2, 0.25) is 10.0 Å². The Balaban J connectivity index is 2.70. The number of ether oxygens (including phenoxy) is 1. The van der Waals surface area contributed by atoms with Crippen LogP contribution in [-0.2, 0) is 10.0 Å². The van der Waals surface area contributed by atoms with Gasteiger partial charge in [-0.25, -0.2) is 13.6 Å². The molecule has 0 aliphatic heterocycles. The molecule has 96 valence electrons. The Morgan fingerprint density at radius 3 is 2.53 bits per heavy atom. The van der Waals surface area contributed by atoms with Gasteiger partial charge in [0.25, 0.3) is 0 Å². The first-order chi connectivity index (χ1) is 7.95. The maximum Gasteiger partial charge on any atom is 0.238 e. The number of benzene rings is 1. The van der Waals surface area contributed by atoms with Gasteiger partial charge in [0.1, 0.15) is 5.75 Å². The highest BCUT2D eigenvalue weighted by Gasteiger charge is 2.09. The van der Waals surface area contributed by atoms with E-state index < -0.39 is 10.0 Å². The second-order valence-corrected chi connectivity index (χ2v) is 5.59. The second kappa shape index (κ2) is 6.02. The lowest BCUT2D eigenvalue weighted by molar-refractivity contribution is 0.304. The Labute approximate surface area is 103 Å². The van der Waals surface area contributed by atoms with E-state index in [1.807, 2.05) is 6.92 Å². The molecule has 0 aliphatic carbocycles. The van der Waals surface area contributed by atoms with Crippen molar-refractivity contribution in [3.8, 4) is 5.75 Å². The molecule has 0 bridgehead atoms. The third-order valence-corrected chi connectivity index (χ3v) is 3.39. The van der Waals surface area contributed by atoms with Crippen LogP contribution < -0.4 is 9.88 Å². The van der Waals surface area contributed by atoms with E-state index in [-0.39, 0.29) is 4.90 Å². The van der Waals surface area contributed by atoms with Crippen LogP contribution in [0, 0.1) is 6.92 Å². The van der Waals surface area contributed by atoms with Gasteiger partial charge in [0.15, 0.2) is 0 Å². The number of sulfonamides is 1. The Hall–Kier alpha value is -1.07. The number of rotatable bonds is 6. The number of primary sulfonamides is 1. The van der Waals surface area contributed by atoms with Gasteiger partial charge in [-0.2, -0.15) is 0 Å². The molecular formula is C12H19NO3S. The largest absolute Gasteiger partial charge is 0.493 e. The minimum Gasteiger partial charge on any atom is -0.493 e. The predicted molar refractivity (Wildman–Crippen MR) is 67.6 cm³/mol. The van der Waals surface area contributed by atoms with Crippen molar-refractivity contribution >= 4 is 10.0 Å². The molecule has 1 aromatic rings. The number of unbranched alkanes of at least 4 members (excludes halogenated alkanes) is 2. The summed E-state index contributed by atoms with van der Waals surface area (Å²) in [6.07, 6.45) is 3.29. The SMILES string of the molecule is CCCCCOc1ccc(S(N)(=O)=O)cc1C. The molecule has 0 saturated heterocycles. The Kier molecular flexibility index (Phi) is 4.96. The average molecular weight is 257 g/mol. The quantitative estimate of drug-likeness (QED) is 0.794. The number of aryl methyl sites for hydroxylation is 1. The van der Waals surface area contributed by atoms with Crippen LogP contribution >= 0.6 is 0 Å². The minimum atomic E-state index is -3.63. The summed E-state index contributed by atoms with van der Waals surface area (Å²) in [4.78, 5) is 0.121. The summed E-state index contributed by atoms with van der Waals surface area (Å²) in [5.74, 6) is 0.716. The van der Waals surface area contributed by atoms with Gasteiger partial charge in [0.05, 0.1) is 11.5 Å². The maximum absolute atomic E-state index is 11.1. The van der Waals surface area contributed by atoms with Crippen molar-refractivity contribution in [1.82, 2.24) is 0 Å². The highest BCUT2D eigenvalue weighted by Crippen LogP contribution is 2.21. The van der Waals surface area contributed by atoms with Gasteiger partial charge >= 0.3 is 0 Å². The van der Waals surface area contributed by atoms with Crippen LogP contribution in [0.25, 0.3) is 0 Å². The standard InChI is InChI=1S/C12H19NO3S/c1-3-4-5-8-16-12-7-6-11(9-10(12)2)17(13,14)15/h6-7,9H,3-5,8H2,1-2H3,(H2,13,14,15). The van der Waals surface area contributed by atoms with Gasteiger partial charge < -0.3 is 4.74 Å². The van der Waals surface area contributed by atoms with Crippen molar-refractivity contribution < 1.29 is 13.2 Å². The molecule has 4 nitrogen and oxygen atoms in total. The van der Waals surface area contributed by atoms with E-state index in [4.69, 9.17) is 9.88 Å². The first kappa shape index (κ1) is 14.0.